The molecule has 0 atom stereocenters. The molecule has 2 aromatic rings. The number of rotatable bonds is 3. The maximum atomic E-state index is 12.6. The number of benzene rings is 1. The minimum Gasteiger partial charge on any atom is -0.396 e. The molecular formula is C14H16N4O4. The van der Waals surface area contributed by atoms with Gasteiger partial charge in [-0.05, 0) is 24.8 Å². The summed E-state index contributed by atoms with van der Waals surface area (Å²) in [6.07, 6.45) is 1.51. The molecule has 3 rings (SSSR count). The van der Waals surface area contributed by atoms with Gasteiger partial charge in [-0.2, -0.15) is 5.10 Å². The van der Waals surface area contributed by atoms with E-state index in [2.05, 4.69) is 10.2 Å². The molecule has 8 nitrogen and oxygen atoms in total. The molecule has 0 unspecified atom stereocenters. The van der Waals surface area contributed by atoms with Gasteiger partial charge in [0.05, 0.1) is 10.4 Å². The number of carbonyl (C=O) groups excluding carboxylic acids is 1. The maximum Gasteiger partial charge on any atom is 0.274 e. The van der Waals surface area contributed by atoms with E-state index in [-0.39, 0.29) is 29.8 Å². The molecule has 0 radical (unpaired) electrons. The van der Waals surface area contributed by atoms with Crippen molar-refractivity contribution in [1.82, 2.24) is 15.1 Å². The van der Waals surface area contributed by atoms with Crippen molar-refractivity contribution in [3.8, 4) is 0 Å². The standard InChI is InChI=1S/C14H16N4O4/c19-8-9-3-5-17(6-4-9)14(20)13-11-7-10(18(21)22)1-2-12(11)15-16-13/h1-2,7,9,19H,3-6,8H2,(H,15,16). The van der Waals surface area contributed by atoms with Crippen LogP contribution in [0.2, 0.25) is 0 Å². The second kappa shape index (κ2) is 5.72. The van der Waals surface area contributed by atoms with Crippen LogP contribution in [-0.2, 0) is 0 Å². The summed E-state index contributed by atoms with van der Waals surface area (Å²) in [6, 6.07) is 4.29. The van der Waals surface area contributed by atoms with E-state index >= 15 is 0 Å². The van der Waals surface area contributed by atoms with Crippen molar-refractivity contribution < 1.29 is 14.8 Å². The number of nitrogens with one attached hydrogen (secondary N) is 1. The normalized spacial score (nSPS) is 16.1. The molecule has 1 aromatic heterocycles. The first-order chi connectivity index (χ1) is 10.6. The lowest BCUT2D eigenvalue weighted by atomic mass is 9.97. The van der Waals surface area contributed by atoms with Crippen molar-refractivity contribution in [3.63, 3.8) is 0 Å². The minimum absolute atomic E-state index is 0.0676. The van der Waals surface area contributed by atoms with Gasteiger partial charge in [0.2, 0.25) is 0 Å². The van der Waals surface area contributed by atoms with Crippen LogP contribution in [0.15, 0.2) is 18.2 Å². The summed E-state index contributed by atoms with van der Waals surface area (Å²) in [5.74, 6) is 0.00389. The average Bonchev–Trinajstić information content (AvgIpc) is 2.97. The second-order valence-electron chi connectivity index (χ2n) is 5.48. The molecule has 116 valence electrons. The molecular weight excluding hydrogens is 288 g/mol. The molecule has 0 aliphatic carbocycles. The van der Waals surface area contributed by atoms with Gasteiger partial charge in [-0.1, -0.05) is 0 Å². The fourth-order valence-electron chi connectivity index (χ4n) is 2.75. The van der Waals surface area contributed by atoms with E-state index < -0.39 is 4.92 Å². The number of aliphatic hydroxyl groups excluding tert-OH is 1. The van der Waals surface area contributed by atoms with E-state index in [4.69, 9.17) is 5.11 Å². The summed E-state index contributed by atoms with van der Waals surface area (Å²) < 4.78 is 0. The molecule has 0 bridgehead atoms. The monoisotopic (exact) mass is 304 g/mol. The quantitative estimate of drug-likeness (QED) is 0.656. The van der Waals surface area contributed by atoms with Gasteiger partial charge in [0.15, 0.2) is 5.69 Å². The number of non-ortho nitro benzene ring substituents is 1. The van der Waals surface area contributed by atoms with Crippen molar-refractivity contribution in [1.29, 1.82) is 0 Å². The van der Waals surface area contributed by atoms with E-state index in [9.17, 15) is 14.9 Å². The number of nitro benzene ring substituents is 1. The maximum absolute atomic E-state index is 12.6. The molecule has 2 heterocycles. The molecule has 0 saturated carbocycles. The second-order valence-corrected chi connectivity index (χ2v) is 5.48. The SMILES string of the molecule is O=C(c1n[nH]c2ccc([N+](=O)[O-])cc12)N1CCC(CO)CC1. The number of carbonyl (C=O) groups is 1. The van der Waals surface area contributed by atoms with Gasteiger partial charge in [0.25, 0.3) is 11.6 Å². The zero-order chi connectivity index (χ0) is 15.7. The zero-order valence-electron chi connectivity index (χ0n) is 11.9. The third-order valence-electron chi connectivity index (χ3n) is 4.12. The van der Waals surface area contributed by atoms with E-state index in [1.807, 2.05) is 0 Å². The van der Waals surface area contributed by atoms with Crippen LogP contribution >= 0.6 is 0 Å². The highest BCUT2D eigenvalue weighted by Gasteiger charge is 2.26. The van der Waals surface area contributed by atoms with Gasteiger partial charge in [-0.15, -0.1) is 0 Å². The number of aromatic amines is 1. The number of hydrogen-bond acceptors (Lipinski definition) is 5. The van der Waals surface area contributed by atoms with E-state index in [1.165, 1.54) is 12.1 Å². The summed E-state index contributed by atoms with van der Waals surface area (Å²) in [5, 5.41) is 27.2. The van der Waals surface area contributed by atoms with Crippen molar-refractivity contribution in [2.24, 2.45) is 5.92 Å². The van der Waals surface area contributed by atoms with Gasteiger partial charge >= 0.3 is 0 Å². The Hall–Kier alpha value is -2.48. The molecule has 1 aromatic carbocycles. The summed E-state index contributed by atoms with van der Waals surface area (Å²) in [6.45, 7) is 1.26. The third-order valence-corrected chi connectivity index (χ3v) is 4.12. The Labute approximate surface area is 125 Å². The fraction of sp³-hybridized carbons (Fsp3) is 0.429. The Bertz CT molecular complexity index is 719. The zero-order valence-corrected chi connectivity index (χ0v) is 11.9. The van der Waals surface area contributed by atoms with E-state index in [0.29, 0.717) is 24.0 Å². The van der Waals surface area contributed by atoms with Crippen LogP contribution in [0.25, 0.3) is 10.9 Å². The highest BCUT2D eigenvalue weighted by molar-refractivity contribution is 6.05. The molecule has 1 aliphatic rings. The van der Waals surface area contributed by atoms with Crippen LogP contribution in [0.5, 0.6) is 0 Å². The van der Waals surface area contributed by atoms with Gasteiger partial charge in [-0.25, -0.2) is 0 Å². The number of aliphatic hydroxyl groups is 1. The molecule has 8 heteroatoms. The Morgan fingerprint density at radius 3 is 2.82 bits per heavy atom. The lowest BCUT2D eigenvalue weighted by Gasteiger charge is -2.30. The average molecular weight is 304 g/mol. The third kappa shape index (κ3) is 2.52. The van der Waals surface area contributed by atoms with Crippen LogP contribution in [0.1, 0.15) is 23.3 Å². The summed E-state index contributed by atoms with van der Waals surface area (Å²) in [4.78, 5) is 24.6. The number of hydrogen-bond donors (Lipinski definition) is 2. The Balaban J connectivity index is 1.88. The predicted octanol–water partition coefficient (Wildman–Crippen LogP) is 1.32. The Morgan fingerprint density at radius 2 is 2.18 bits per heavy atom. The minimum atomic E-state index is -0.493. The number of fused-ring (bicyclic) bond motifs is 1. The van der Waals surface area contributed by atoms with Crippen LogP contribution in [0.4, 0.5) is 5.69 Å². The number of nitrogens with zero attached hydrogens (tertiary/aromatic N) is 3. The first-order valence-electron chi connectivity index (χ1n) is 7.13. The molecule has 2 N–H and O–H groups in total. The number of aromatic nitrogens is 2. The first kappa shape index (κ1) is 14.5. The Kier molecular flexibility index (Phi) is 3.76. The number of nitro groups is 1. The van der Waals surface area contributed by atoms with Crippen molar-refractivity contribution in [3.05, 3.63) is 34.0 Å². The van der Waals surface area contributed by atoms with Gasteiger partial charge in [-0.3, -0.25) is 20.0 Å². The molecule has 1 aliphatic heterocycles. The Morgan fingerprint density at radius 1 is 1.45 bits per heavy atom. The van der Waals surface area contributed by atoms with Gasteiger partial charge in [0, 0.05) is 37.2 Å². The summed E-state index contributed by atoms with van der Waals surface area (Å²) >= 11 is 0. The van der Waals surface area contributed by atoms with Crippen LogP contribution in [0, 0.1) is 16.0 Å². The molecule has 1 fully saturated rings. The smallest absolute Gasteiger partial charge is 0.274 e. The lowest BCUT2D eigenvalue weighted by molar-refractivity contribution is -0.384. The lowest BCUT2D eigenvalue weighted by Crippen LogP contribution is -2.39. The highest BCUT2D eigenvalue weighted by atomic mass is 16.6. The van der Waals surface area contributed by atoms with E-state index in [1.54, 1.807) is 11.0 Å². The van der Waals surface area contributed by atoms with Gasteiger partial charge in [0.1, 0.15) is 0 Å². The predicted molar refractivity (Wildman–Crippen MR) is 78.5 cm³/mol. The van der Waals surface area contributed by atoms with Gasteiger partial charge < -0.3 is 10.0 Å². The molecule has 1 amide bonds. The topological polar surface area (TPSA) is 112 Å². The summed E-state index contributed by atoms with van der Waals surface area (Å²) in [5.41, 5.74) is 0.738. The number of piperidine rings is 1. The summed E-state index contributed by atoms with van der Waals surface area (Å²) in [7, 11) is 0. The van der Waals surface area contributed by atoms with Crippen LogP contribution in [0.3, 0.4) is 0 Å². The van der Waals surface area contributed by atoms with Crippen molar-refractivity contribution >= 4 is 22.5 Å². The number of H-pyrrole nitrogens is 1. The van der Waals surface area contributed by atoms with Crippen molar-refractivity contribution in [2.75, 3.05) is 19.7 Å². The van der Waals surface area contributed by atoms with Crippen molar-refractivity contribution in [2.45, 2.75) is 12.8 Å². The first-order valence-corrected chi connectivity index (χ1v) is 7.13. The van der Waals surface area contributed by atoms with Crippen LogP contribution < -0.4 is 0 Å². The fourth-order valence-corrected chi connectivity index (χ4v) is 2.75. The molecule has 0 spiro atoms. The number of likely N-dealkylation sites (tertiary alicyclic amines) is 1. The molecule has 22 heavy (non-hydrogen) atoms. The number of amides is 1. The van der Waals surface area contributed by atoms with E-state index in [0.717, 1.165) is 12.8 Å². The highest BCUT2D eigenvalue weighted by Crippen LogP contribution is 2.24. The largest absolute Gasteiger partial charge is 0.396 e. The molecule has 1 saturated heterocycles. The van der Waals surface area contributed by atoms with Crippen LogP contribution in [-0.4, -0.2) is 50.7 Å².